The van der Waals surface area contributed by atoms with E-state index in [0.717, 1.165) is 22.6 Å². The number of aryl methyl sites for hydroxylation is 1. The van der Waals surface area contributed by atoms with E-state index in [1.807, 2.05) is 70.2 Å². The molecule has 0 aromatic heterocycles. The summed E-state index contributed by atoms with van der Waals surface area (Å²) in [6, 6.07) is 13.4. The second kappa shape index (κ2) is 9.76. The Morgan fingerprint density at radius 2 is 1.81 bits per heavy atom. The molecule has 0 heterocycles. The minimum atomic E-state index is -0.0783. The van der Waals surface area contributed by atoms with E-state index < -0.39 is 0 Å². The molecule has 0 saturated carbocycles. The van der Waals surface area contributed by atoms with E-state index in [0.29, 0.717) is 13.2 Å². The molecule has 2 amide bonds. The second-order valence-electron chi connectivity index (χ2n) is 6.92. The van der Waals surface area contributed by atoms with Gasteiger partial charge in [-0.15, -0.1) is 0 Å². The van der Waals surface area contributed by atoms with E-state index in [2.05, 4.69) is 10.6 Å². The van der Waals surface area contributed by atoms with E-state index in [1.165, 1.54) is 5.56 Å². The molecule has 0 bridgehead atoms. The molecule has 144 valence electrons. The fourth-order valence-electron chi connectivity index (χ4n) is 2.47. The van der Waals surface area contributed by atoms with Gasteiger partial charge in [-0.25, -0.2) is 0 Å². The van der Waals surface area contributed by atoms with Crippen LogP contribution in [0.3, 0.4) is 0 Å². The predicted molar refractivity (Wildman–Crippen MR) is 108 cm³/mol. The van der Waals surface area contributed by atoms with E-state index in [9.17, 15) is 9.59 Å². The molecule has 2 rings (SSSR count). The molecule has 0 spiro atoms. The van der Waals surface area contributed by atoms with Crippen LogP contribution in [0.15, 0.2) is 42.5 Å². The van der Waals surface area contributed by atoms with Crippen LogP contribution in [-0.4, -0.2) is 18.4 Å². The van der Waals surface area contributed by atoms with Crippen molar-refractivity contribution >= 4 is 17.5 Å². The van der Waals surface area contributed by atoms with Crippen molar-refractivity contribution in [1.29, 1.82) is 0 Å². The molecule has 0 unspecified atom stereocenters. The molecule has 0 radical (unpaired) electrons. The minimum absolute atomic E-state index is 0.0280. The third kappa shape index (κ3) is 6.44. The van der Waals surface area contributed by atoms with Crippen LogP contribution in [0.25, 0.3) is 0 Å². The first-order valence-corrected chi connectivity index (χ1v) is 9.22. The van der Waals surface area contributed by atoms with E-state index in [-0.39, 0.29) is 24.2 Å². The van der Waals surface area contributed by atoms with Crippen molar-refractivity contribution in [2.45, 2.75) is 40.7 Å². The molecule has 0 aliphatic carbocycles. The summed E-state index contributed by atoms with van der Waals surface area (Å²) >= 11 is 0. The third-order valence-electron chi connectivity index (χ3n) is 4.35. The van der Waals surface area contributed by atoms with E-state index >= 15 is 0 Å². The SMILES string of the molecule is Cc1cccc(OCCC(=O)NCc2cccc(NC(=O)C(C)C)c2)c1C. The normalized spacial score (nSPS) is 10.6. The van der Waals surface area contributed by atoms with Gasteiger partial charge in [0.05, 0.1) is 13.0 Å². The largest absolute Gasteiger partial charge is 0.493 e. The maximum Gasteiger partial charge on any atom is 0.226 e. The van der Waals surface area contributed by atoms with Gasteiger partial charge in [0, 0.05) is 18.2 Å². The van der Waals surface area contributed by atoms with Crippen molar-refractivity contribution in [3.8, 4) is 5.75 Å². The van der Waals surface area contributed by atoms with Gasteiger partial charge in [0.1, 0.15) is 5.75 Å². The van der Waals surface area contributed by atoms with Gasteiger partial charge in [-0.05, 0) is 48.7 Å². The van der Waals surface area contributed by atoms with Gasteiger partial charge >= 0.3 is 0 Å². The summed E-state index contributed by atoms with van der Waals surface area (Å²) < 4.78 is 5.72. The van der Waals surface area contributed by atoms with Gasteiger partial charge in [0.2, 0.25) is 11.8 Å². The van der Waals surface area contributed by atoms with Crippen LogP contribution in [0.2, 0.25) is 0 Å². The highest BCUT2D eigenvalue weighted by atomic mass is 16.5. The molecule has 27 heavy (non-hydrogen) atoms. The summed E-state index contributed by atoms with van der Waals surface area (Å²) in [7, 11) is 0. The van der Waals surface area contributed by atoms with Crippen molar-refractivity contribution in [2.24, 2.45) is 5.92 Å². The Morgan fingerprint density at radius 1 is 1.07 bits per heavy atom. The number of anilines is 1. The summed E-state index contributed by atoms with van der Waals surface area (Å²) in [6.07, 6.45) is 0.289. The highest BCUT2D eigenvalue weighted by Gasteiger charge is 2.08. The molecule has 0 fully saturated rings. The van der Waals surface area contributed by atoms with Crippen molar-refractivity contribution in [3.05, 3.63) is 59.2 Å². The summed E-state index contributed by atoms with van der Waals surface area (Å²) in [5, 5.41) is 5.74. The van der Waals surface area contributed by atoms with Crippen LogP contribution in [0.1, 0.15) is 37.0 Å². The van der Waals surface area contributed by atoms with Crippen molar-refractivity contribution < 1.29 is 14.3 Å². The first-order chi connectivity index (χ1) is 12.9. The Hall–Kier alpha value is -2.82. The quantitative estimate of drug-likeness (QED) is 0.740. The zero-order chi connectivity index (χ0) is 19.8. The molecular weight excluding hydrogens is 340 g/mol. The number of nitrogens with one attached hydrogen (secondary N) is 2. The zero-order valence-electron chi connectivity index (χ0n) is 16.5. The summed E-state index contributed by atoms with van der Waals surface area (Å²) in [4.78, 5) is 23.8. The van der Waals surface area contributed by atoms with Gasteiger partial charge in [0.25, 0.3) is 0 Å². The molecule has 2 N–H and O–H groups in total. The molecule has 0 atom stereocenters. The number of hydrogen-bond acceptors (Lipinski definition) is 3. The van der Waals surface area contributed by atoms with Crippen molar-refractivity contribution in [2.75, 3.05) is 11.9 Å². The minimum Gasteiger partial charge on any atom is -0.493 e. The lowest BCUT2D eigenvalue weighted by molar-refractivity contribution is -0.122. The maximum atomic E-state index is 12.0. The van der Waals surface area contributed by atoms with Crippen molar-refractivity contribution in [1.82, 2.24) is 5.32 Å². The van der Waals surface area contributed by atoms with Crippen LogP contribution in [0, 0.1) is 19.8 Å². The van der Waals surface area contributed by atoms with Crippen LogP contribution < -0.4 is 15.4 Å². The monoisotopic (exact) mass is 368 g/mol. The molecule has 5 nitrogen and oxygen atoms in total. The number of hydrogen-bond donors (Lipinski definition) is 2. The lowest BCUT2D eigenvalue weighted by atomic mass is 10.1. The second-order valence-corrected chi connectivity index (χ2v) is 6.92. The molecule has 0 saturated heterocycles. The van der Waals surface area contributed by atoms with Gasteiger partial charge in [-0.1, -0.05) is 38.1 Å². The Morgan fingerprint density at radius 3 is 2.56 bits per heavy atom. The molecular formula is C22H28N2O3. The Labute approximate surface area is 161 Å². The number of benzene rings is 2. The first-order valence-electron chi connectivity index (χ1n) is 9.22. The molecule has 0 aliphatic heterocycles. The third-order valence-corrected chi connectivity index (χ3v) is 4.35. The number of amides is 2. The summed E-state index contributed by atoms with van der Waals surface area (Å²) in [6.45, 7) is 8.48. The number of ether oxygens (including phenoxy) is 1. The lowest BCUT2D eigenvalue weighted by Crippen LogP contribution is -2.24. The van der Waals surface area contributed by atoms with Crippen LogP contribution >= 0.6 is 0 Å². The predicted octanol–water partition coefficient (Wildman–Crippen LogP) is 3.98. The van der Waals surface area contributed by atoms with E-state index in [4.69, 9.17) is 4.74 Å². The number of carbonyl (C=O) groups is 2. The Kier molecular flexibility index (Phi) is 7.41. The summed E-state index contributed by atoms with van der Waals surface area (Å²) in [5.74, 6) is 0.637. The number of rotatable bonds is 8. The van der Waals surface area contributed by atoms with Crippen LogP contribution in [0.4, 0.5) is 5.69 Å². The Bertz CT molecular complexity index is 800. The topological polar surface area (TPSA) is 67.4 Å². The number of carbonyl (C=O) groups excluding carboxylic acids is 2. The molecule has 2 aromatic carbocycles. The standard InChI is InChI=1S/C22H28N2O3/c1-15(2)22(26)24-19-9-6-8-18(13-19)14-23-21(25)11-12-27-20-10-5-7-16(3)17(20)4/h5-10,13,15H,11-12,14H2,1-4H3,(H,23,25)(H,24,26). The smallest absolute Gasteiger partial charge is 0.226 e. The fraction of sp³-hybridized carbons (Fsp3) is 0.364. The molecule has 0 aliphatic rings. The first kappa shape index (κ1) is 20.5. The van der Waals surface area contributed by atoms with Crippen LogP contribution in [0.5, 0.6) is 5.75 Å². The highest BCUT2D eigenvalue weighted by Crippen LogP contribution is 2.20. The zero-order valence-corrected chi connectivity index (χ0v) is 16.5. The maximum absolute atomic E-state index is 12.0. The highest BCUT2D eigenvalue weighted by molar-refractivity contribution is 5.92. The Balaban J connectivity index is 1.78. The van der Waals surface area contributed by atoms with Gasteiger partial charge in [0.15, 0.2) is 0 Å². The fourth-order valence-corrected chi connectivity index (χ4v) is 2.47. The van der Waals surface area contributed by atoms with Gasteiger partial charge in [-0.2, -0.15) is 0 Å². The average Bonchev–Trinajstić information content (AvgIpc) is 2.63. The lowest BCUT2D eigenvalue weighted by Gasteiger charge is -2.12. The average molecular weight is 368 g/mol. The molecule has 5 heteroatoms. The van der Waals surface area contributed by atoms with Crippen LogP contribution in [-0.2, 0) is 16.1 Å². The van der Waals surface area contributed by atoms with Crippen molar-refractivity contribution in [3.63, 3.8) is 0 Å². The van der Waals surface area contributed by atoms with Gasteiger partial charge in [-0.3, -0.25) is 9.59 Å². The summed E-state index contributed by atoms with van der Waals surface area (Å²) in [5.41, 5.74) is 3.93. The van der Waals surface area contributed by atoms with Gasteiger partial charge < -0.3 is 15.4 Å². The molecule has 2 aromatic rings. The van der Waals surface area contributed by atoms with E-state index in [1.54, 1.807) is 0 Å².